The van der Waals surface area contributed by atoms with E-state index in [4.69, 9.17) is 9.47 Å². The normalized spacial score (nSPS) is 12.0. The number of benzene rings is 2. The average Bonchev–Trinajstić information content (AvgIpc) is 2.62. The molecule has 2 rings (SSSR count). The number of aryl methyl sites for hydroxylation is 1. The second-order valence-electron chi connectivity index (χ2n) is 6.28. The van der Waals surface area contributed by atoms with E-state index in [0.29, 0.717) is 25.5 Å². The van der Waals surface area contributed by atoms with Crippen LogP contribution in [0.5, 0.6) is 11.5 Å². The summed E-state index contributed by atoms with van der Waals surface area (Å²) in [7, 11) is 0. The van der Waals surface area contributed by atoms with Crippen molar-refractivity contribution in [3.63, 3.8) is 0 Å². The first kappa shape index (κ1) is 20.7. The van der Waals surface area contributed by atoms with Crippen LogP contribution in [0, 0.1) is 6.92 Å². The second kappa shape index (κ2) is 10.6. The van der Waals surface area contributed by atoms with Crippen molar-refractivity contribution in [3.05, 3.63) is 57.6 Å². The summed E-state index contributed by atoms with van der Waals surface area (Å²) >= 11 is 3.62. The van der Waals surface area contributed by atoms with Gasteiger partial charge in [-0.1, -0.05) is 36.8 Å². The van der Waals surface area contributed by atoms with Crippen LogP contribution in [-0.2, 0) is 13.2 Å². The first-order valence-corrected chi connectivity index (χ1v) is 9.84. The van der Waals surface area contributed by atoms with Crippen LogP contribution in [0.2, 0.25) is 0 Å². The SMILES string of the molecule is CCOc1cc(CNC(CC)CO)cc(Br)c1OCc1cccc(C)c1. The number of hydrogen-bond donors (Lipinski definition) is 2. The number of hydrogen-bond acceptors (Lipinski definition) is 4. The van der Waals surface area contributed by atoms with Gasteiger partial charge >= 0.3 is 0 Å². The number of halogens is 1. The molecule has 0 aromatic heterocycles. The predicted molar refractivity (Wildman–Crippen MR) is 109 cm³/mol. The molecule has 0 heterocycles. The molecule has 2 N–H and O–H groups in total. The molecule has 0 saturated carbocycles. The Hall–Kier alpha value is -1.56. The Labute approximate surface area is 164 Å². The Morgan fingerprint density at radius 1 is 1.12 bits per heavy atom. The lowest BCUT2D eigenvalue weighted by Gasteiger charge is -2.18. The van der Waals surface area contributed by atoms with Crippen LogP contribution in [0.3, 0.4) is 0 Å². The maximum absolute atomic E-state index is 9.32. The summed E-state index contributed by atoms with van der Waals surface area (Å²) in [5.41, 5.74) is 3.42. The molecule has 0 aliphatic heterocycles. The summed E-state index contributed by atoms with van der Waals surface area (Å²) in [6, 6.07) is 12.4. The van der Waals surface area contributed by atoms with Gasteiger partial charge in [0.05, 0.1) is 17.7 Å². The van der Waals surface area contributed by atoms with Crippen molar-refractivity contribution in [2.24, 2.45) is 0 Å². The van der Waals surface area contributed by atoms with E-state index >= 15 is 0 Å². The van der Waals surface area contributed by atoms with Gasteiger partial charge < -0.3 is 19.9 Å². The van der Waals surface area contributed by atoms with Crippen molar-refractivity contribution in [1.82, 2.24) is 5.32 Å². The molecule has 0 amide bonds. The van der Waals surface area contributed by atoms with E-state index in [1.807, 2.05) is 25.1 Å². The molecule has 2 aromatic carbocycles. The van der Waals surface area contributed by atoms with Gasteiger partial charge in [-0.2, -0.15) is 0 Å². The number of aliphatic hydroxyl groups is 1. The van der Waals surface area contributed by atoms with Crippen LogP contribution in [0.4, 0.5) is 0 Å². The molecule has 0 fully saturated rings. The molecule has 1 unspecified atom stereocenters. The quantitative estimate of drug-likeness (QED) is 0.588. The summed E-state index contributed by atoms with van der Waals surface area (Å²) in [6.45, 7) is 7.94. The number of nitrogens with one attached hydrogen (secondary N) is 1. The largest absolute Gasteiger partial charge is 0.490 e. The molecule has 0 radical (unpaired) electrons. The van der Waals surface area contributed by atoms with Crippen molar-refractivity contribution in [1.29, 1.82) is 0 Å². The van der Waals surface area contributed by atoms with Crippen molar-refractivity contribution < 1.29 is 14.6 Å². The molecule has 142 valence electrons. The maximum Gasteiger partial charge on any atom is 0.175 e. The molecular formula is C21H28BrNO3. The molecule has 0 bridgehead atoms. The third-order valence-corrected chi connectivity index (χ3v) is 4.73. The van der Waals surface area contributed by atoms with Crippen LogP contribution in [0.1, 0.15) is 37.0 Å². The van der Waals surface area contributed by atoms with E-state index in [1.165, 1.54) is 5.56 Å². The minimum Gasteiger partial charge on any atom is -0.490 e. The Morgan fingerprint density at radius 2 is 1.92 bits per heavy atom. The standard InChI is InChI=1S/C21H28BrNO3/c1-4-18(13-24)23-12-17-10-19(22)21(20(11-17)25-5-2)26-14-16-8-6-7-15(3)9-16/h6-11,18,23-24H,4-5,12-14H2,1-3H3. The molecule has 1 atom stereocenters. The fourth-order valence-corrected chi connectivity index (χ4v) is 3.29. The average molecular weight is 422 g/mol. The highest BCUT2D eigenvalue weighted by Crippen LogP contribution is 2.37. The Morgan fingerprint density at radius 3 is 2.58 bits per heavy atom. The van der Waals surface area contributed by atoms with E-state index in [9.17, 15) is 5.11 Å². The fraction of sp³-hybridized carbons (Fsp3) is 0.429. The third-order valence-electron chi connectivity index (χ3n) is 4.14. The van der Waals surface area contributed by atoms with Gasteiger partial charge in [0.25, 0.3) is 0 Å². The molecule has 5 heteroatoms. The van der Waals surface area contributed by atoms with Crippen molar-refractivity contribution in [3.8, 4) is 11.5 Å². The molecule has 0 aliphatic carbocycles. The maximum atomic E-state index is 9.32. The summed E-state index contributed by atoms with van der Waals surface area (Å²) < 4.78 is 12.7. The monoisotopic (exact) mass is 421 g/mol. The molecule has 0 spiro atoms. The van der Waals surface area contributed by atoms with Gasteiger partial charge in [-0.25, -0.2) is 0 Å². The number of aliphatic hydroxyl groups excluding tert-OH is 1. The smallest absolute Gasteiger partial charge is 0.175 e. The van der Waals surface area contributed by atoms with E-state index in [1.54, 1.807) is 0 Å². The highest BCUT2D eigenvalue weighted by Gasteiger charge is 2.13. The lowest BCUT2D eigenvalue weighted by molar-refractivity contribution is 0.238. The van der Waals surface area contributed by atoms with Crippen molar-refractivity contribution in [2.45, 2.75) is 46.4 Å². The fourth-order valence-electron chi connectivity index (χ4n) is 2.68. The van der Waals surface area contributed by atoms with Crippen molar-refractivity contribution >= 4 is 15.9 Å². The van der Waals surface area contributed by atoms with Gasteiger partial charge in [-0.05, 0) is 59.5 Å². The first-order chi connectivity index (χ1) is 12.6. The van der Waals surface area contributed by atoms with Gasteiger partial charge in [-0.3, -0.25) is 0 Å². The topological polar surface area (TPSA) is 50.7 Å². The Bertz CT molecular complexity index is 702. The minimum atomic E-state index is 0.0987. The molecule has 0 aliphatic rings. The van der Waals surface area contributed by atoms with Crippen molar-refractivity contribution in [2.75, 3.05) is 13.2 Å². The summed E-state index contributed by atoms with van der Waals surface area (Å²) in [5.74, 6) is 1.44. The number of ether oxygens (including phenoxy) is 2. The van der Waals surface area contributed by atoms with Gasteiger partial charge in [0.2, 0.25) is 0 Å². The van der Waals surface area contributed by atoms with Gasteiger partial charge in [0.15, 0.2) is 11.5 Å². The molecule has 26 heavy (non-hydrogen) atoms. The molecular weight excluding hydrogens is 394 g/mol. The highest BCUT2D eigenvalue weighted by atomic mass is 79.9. The van der Waals surface area contributed by atoms with Crippen LogP contribution < -0.4 is 14.8 Å². The van der Waals surface area contributed by atoms with Crippen LogP contribution in [-0.4, -0.2) is 24.4 Å². The lowest BCUT2D eigenvalue weighted by atomic mass is 10.1. The molecule has 2 aromatic rings. The Balaban J connectivity index is 2.14. The van der Waals surface area contributed by atoms with Gasteiger partial charge in [-0.15, -0.1) is 0 Å². The lowest BCUT2D eigenvalue weighted by Crippen LogP contribution is -2.31. The van der Waals surface area contributed by atoms with E-state index in [0.717, 1.165) is 27.8 Å². The zero-order valence-electron chi connectivity index (χ0n) is 15.7. The van der Waals surface area contributed by atoms with E-state index in [2.05, 4.69) is 53.3 Å². The molecule has 0 saturated heterocycles. The highest BCUT2D eigenvalue weighted by molar-refractivity contribution is 9.10. The Kier molecular flexibility index (Phi) is 8.42. The molecule has 4 nitrogen and oxygen atoms in total. The second-order valence-corrected chi connectivity index (χ2v) is 7.14. The van der Waals surface area contributed by atoms with Crippen LogP contribution in [0.15, 0.2) is 40.9 Å². The minimum absolute atomic E-state index is 0.0987. The zero-order valence-corrected chi connectivity index (χ0v) is 17.3. The zero-order chi connectivity index (χ0) is 18.9. The third kappa shape index (κ3) is 6.01. The van der Waals surface area contributed by atoms with Gasteiger partial charge in [0, 0.05) is 12.6 Å². The summed E-state index contributed by atoms with van der Waals surface area (Å²) in [4.78, 5) is 0. The first-order valence-electron chi connectivity index (χ1n) is 9.05. The number of rotatable bonds is 10. The van der Waals surface area contributed by atoms with Crippen LogP contribution in [0.25, 0.3) is 0 Å². The van der Waals surface area contributed by atoms with E-state index in [-0.39, 0.29) is 12.6 Å². The van der Waals surface area contributed by atoms with Crippen LogP contribution >= 0.6 is 15.9 Å². The predicted octanol–water partition coefficient (Wildman–Crippen LogP) is 4.60. The van der Waals surface area contributed by atoms with Gasteiger partial charge in [0.1, 0.15) is 6.61 Å². The summed E-state index contributed by atoms with van der Waals surface area (Å²) in [6.07, 6.45) is 0.883. The van der Waals surface area contributed by atoms with E-state index < -0.39 is 0 Å². The summed E-state index contributed by atoms with van der Waals surface area (Å²) in [5, 5.41) is 12.7.